The first-order valence-electron chi connectivity index (χ1n) is 5.66. The molecule has 0 aliphatic heterocycles. The molecule has 2 heteroatoms. The molecule has 0 atom stereocenters. The maximum Gasteiger partial charge on any atom is 0.173 e. The largest absolute Gasteiger partial charge is 0.503 e. The van der Waals surface area contributed by atoms with Gasteiger partial charge in [-0.15, -0.1) is 0 Å². The second-order valence-corrected chi connectivity index (χ2v) is 3.93. The zero-order valence-corrected chi connectivity index (χ0v) is 10.4. The van der Waals surface area contributed by atoms with Crippen LogP contribution in [0.3, 0.4) is 0 Å². The van der Waals surface area contributed by atoms with E-state index in [4.69, 9.17) is 4.74 Å². The molecule has 0 aliphatic carbocycles. The van der Waals surface area contributed by atoms with Crippen molar-refractivity contribution in [2.75, 3.05) is 7.11 Å². The molecule has 0 saturated heterocycles. The maximum absolute atomic E-state index is 10.0. The highest BCUT2D eigenvalue weighted by atomic mass is 16.5. The van der Waals surface area contributed by atoms with Crippen molar-refractivity contribution in [3.8, 4) is 23.3 Å². The van der Waals surface area contributed by atoms with Crippen LogP contribution in [0.1, 0.15) is 16.7 Å². The third-order valence-corrected chi connectivity index (χ3v) is 2.65. The van der Waals surface area contributed by atoms with Gasteiger partial charge in [0.05, 0.1) is 12.7 Å². The van der Waals surface area contributed by atoms with Crippen molar-refractivity contribution in [1.82, 2.24) is 0 Å². The normalized spacial score (nSPS) is 9.44. The molecule has 0 aliphatic rings. The van der Waals surface area contributed by atoms with Crippen molar-refractivity contribution in [2.24, 2.45) is 0 Å². The first-order valence-corrected chi connectivity index (χ1v) is 5.66. The van der Waals surface area contributed by atoms with E-state index >= 15 is 0 Å². The number of aryl methyl sites for hydroxylation is 1. The fraction of sp³-hybridized carbons (Fsp3) is 0.125. The van der Waals surface area contributed by atoms with Crippen molar-refractivity contribution in [2.45, 2.75) is 6.92 Å². The highest BCUT2D eigenvalue weighted by Gasteiger charge is 2.08. The lowest BCUT2D eigenvalue weighted by Crippen LogP contribution is -1.90. The zero-order valence-electron chi connectivity index (χ0n) is 10.4. The van der Waals surface area contributed by atoms with Crippen molar-refractivity contribution >= 4 is 0 Å². The van der Waals surface area contributed by atoms with Crippen molar-refractivity contribution in [3.63, 3.8) is 0 Å². The maximum atomic E-state index is 10.0. The topological polar surface area (TPSA) is 29.5 Å². The summed E-state index contributed by atoms with van der Waals surface area (Å²) in [5.41, 5.74) is 2.37. The molecular formula is C16H14O2. The molecule has 18 heavy (non-hydrogen) atoms. The average molecular weight is 238 g/mol. The second kappa shape index (κ2) is 5.29. The molecule has 0 fully saturated rings. The molecule has 2 aromatic carbocycles. The highest BCUT2D eigenvalue weighted by molar-refractivity contribution is 5.58. The third-order valence-electron chi connectivity index (χ3n) is 2.65. The number of hydrogen-bond donors (Lipinski definition) is 1. The fourth-order valence-electron chi connectivity index (χ4n) is 1.69. The van der Waals surface area contributed by atoms with E-state index in [0.29, 0.717) is 11.3 Å². The van der Waals surface area contributed by atoms with E-state index in [-0.39, 0.29) is 5.75 Å². The molecule has 0 saturated carbocycles. The van der Waals surface area contributed by atoms with E-state index in [1.807, 2.05) is 43.3 Å². The first-order chi connectivity index (χ1) is 8.72. The monoisotopic (exact) mass is 238 g/mol. The summed E-state index contributed by atoms with van der Waals surface area (Å²) in [5, 5.41) is 10.0. The minimum Gasteiger partial charge on any atom is -0.503 e. The van der Waals surface area contributed by atoms with Gasteiger partial charge in [0, 0.05) is 5.56 Å². The van der Waals surface area contributed by atoms with E-state index in [0.717, 1.165) is 11.1 Å². The van der Waals surface area contributed by atoms with E-state index in [2.05, 4.69) is 11.8 Å². The Morgan fingerprint density at radius 1 is 1.00 bits per heavy atom. The minimum atomic E-state index is 0.0981. The van der Waals surface area contributed by atoms with Gasteiger partial charge in [-0.2, -0.15) is 0 Å². The smallest absolute Gasteiger partial charge is 0.173 e. The van der Waals surface area contributed by atoms with Gasteiger partial charge < -0.3 is 9.84 Å². The number of hydrogen-bond acceptors (Lipinski definition) is 2. The number of benzene rings is 2. The molecule has 0 spiro atoms. The summed E-state index contributed by atoms with van der Waals surface area (Å²) in [5.74, 6) is 6.54. The van der Waals surface area contributed by atoms with Crippen LogP contribution in [0.4, 0.5) is 0 Å². The van der Waals surface area contributed by atoms with Gasteiger partial charge in [0.15, 0.2) is 11.5 Å². The predicted octanol–water partition coefficient (Wildman–Crippen LogP) is 3.11. The number of ether oxygens (including phenoxy) is 1. The minimum absolute atomic E-state index is 0.0981. The SMILES string of the molecule is COc1c(C)ccc(C#Cc2ccccc2)c1O. The quantitative estimate of drug-likeness (QED) is 0.773. The Hall–Kier alpha value is -2.40. The molecule has 2 aromatic rings. The van der Waals surface area contributed by atoms with E-state index in [1.54, 1.807) is 6.07 Å². The van der Waals surface area contributed by atoms with Crippen LogP contribution in [0.2, 0.25) is 0 Å². The molecule has 1 N–H and O–H groups in total. The van der Waals surface area contributed by atoms with E-state index in [9.17, 15) is 5.11 Å². The molecule has 0 amide bonds. The van der Waals surface area contributed by atoms with Crippen molar-refractivity contribution in [1.29, 1.82) is 0 Å². The Labute approximate surface area is 107 Å². The Bertz CT molecular complexity index is 604. The molecule has 2 nitrogen and oxygen atoms in total. The summed E-state index contributed by atoms with van der Waals surface area (Å²) in [6.45, 7) is 1.88. The molecule has 2 rings (SSSR count). The molecule has 0 radical (unpaired) electrons. The number of methoxy groups -OCH3 is 1. The Morgan fingerprint density at radius 2 is 1.72 bits per heavy atom. The fourth-order valence-corrected chi connectivity index (χ4v) is 1.69. The summed E-state index contributed by atoms with van der Waals surface area (Å²) in [6.07, 6.45) is 0. The lowest BCUT2D eigenvalue weighted by atomic mass is 10.1. The highest BCUT2D eigenvalue weighted by Crippen LogP contribution is 2.32. The summed E-state index contributed by atoms with van der Waals surface area (Å²) in [6, 6.07) is 13.3. The standard InChI is InChI=1S/C16H14O2/c1-12-8-10-14(15(17)16(12)18-2)11-9-13-6-4-3-5-7-13/h3-8,10,17H,1-2H3. The Kier molecular flexibility index (Phi) is 3.54. The van der Waals surface area contributed by atoms with E-state index in [1.165, 1.54) is 7.11 Å². The molecular weight excluding hydrogens is 224 g/mol. The van der Waals surface area contributed by atoms with Crippen LogP contribution in [0.5, 0.6) is 11.5 Å². The summed E-state index contributed by atoms with van der Waals surface area (Å²) >= 11 is 0. The first kappa shape index (κ1) is 12.1. The van der Waals surface area contributed by atoms with Crippen LogP contribution >= 0.6 is 0 Å². The van der Waals surface area contributed by atoms with Crippen LogP contribution in [0.25, 0.3) is 0 Å². The summed E-state index contributed by atoms with van der Waals surface area (Å²) < 4.78 is 5.15. The summed E-state index contributed by atoms with van der Waals surface area (Å²) in [4.78, 5) is 0. The molecule has 0 unspecified atom stereocenters. The van der Waals surface area contributed by atoms with E-state index < -0.39 is 0 Å². The van der Waals surface area contributed by atoms with Gasteiger partial charge in [0.25, 0.3) is 0 Å². The molecule has 0 aromatic heterocycles. The molecule has 0 bridgehead atoms. The number of phenols is 1. The zero-order chi connectivity index (χ0) is 13.0. The number of rotatable bonds is 1. The van der Waals surface area contributed by atoms with Crippen LogP contribution in [0, 0.1) is 18.8 Å². The van der Waals surface area contributed by atoms with Gasteiger partial charge in [0.1, 0.15) is 0 Å². The predicted molar refractivity (Wildman–Crippen MR) is 71.8 cm³/mol. The van der Waals surface area contributed by atoms with Crippen LogP contribution in [-0.2, 0) is 0 Å². The Balaban J connectivity index is 2.40. The lowest BCUT2D eigenvalue weighted by molar-refractivity contribution is 0.370. The number of aromatic hydroxyl groups is 1. The summed E-state index contributed by atoms with van der Waals surface area (Å²) in [7, 11) is 1.54. The second-order valence-electron chi connectivity index (χ2n) is 3.93. The van der Waals surface area contributed by atoms with Gasteiger partial charge in [-0.3, -0.25) is 0 Å². The van der Waals surface area contributed by atoms with Crippen molar-refractivity contribution < 1.29 is 9.84 Å². The number of phenolic OH excluding ortho intramolecular Hbond substituents is 1. The van der Waals surface area contributed by atoms with Gasteiger partial charge >= 0.3 is 0 Å². The van der Waals surface area contributed by atoms with Crippen LogP contribution < -0.4 is 4.74 Å². The van der Waals surface area contributed by atoms with Crippen LogP contribution in [0.15, 0.2) is 42.5 Å². The van der Waals surface area contributed by atoms with Crippen molar-refractivity contribution in [3.05, 3.63) is 59.2 Å². The molecule has 0 heterocycles. The molecule has 90 valence electrons. The van der Waals surface area contributed by atoms with Crippen LogP contribution in [-0.4, -0.2) is 12.2 Å². The van der Waals surface area contributed by atoms with Gasteiger partial charge in [0.2, 0.25) is 0 Å². The third kappa shape index (κ3) is 2.46. The lowest BCUT2D eigenvalue weighted by Gasteiger charge is -2.07. The van der Waals surface area contributed by atoms with Gasteiger partial charge in [-0.05, 0) is 30.7 Å². The van der Waals surface area contributed by atoms with Gasteiger partial charge in [-0.25, -0.2) is 0 Å². The van der Waals surface area contributed by atoms with Gasteiger partial charge in [-0.1, -0.05) is 36.1 Å². The average Bonchev–Trinajstić information content (AvgIpc) is 2.40. The Morgan fingerprint density at radius 3 is 2.39 bits per heavy atom.